The van der Waals surface area contributed by atoms with E-state index in [1.54, 1.807) is 30.0 Å². The molecule has 1 aliphatic rings. The minimum Gasteiger partial charge on any atom is -0.495 e. The third kappa shape index (κ3) is 4.57. The lowest BCUT2D eigenvalue weighted by molar-refractivity contribution is -0.113. The summed E-state index contributed by atoms with van der Waals surface area (Å²) in [4.78, 5) is 18.0. The summed E-state index contributed by atoms with van der Waals surface area (Å²) in [7, 11) is 4.57. The summed E-state index contributed by atoms with van der Waals surface area (Å²) >= 11 is 6.22. The van der Waals surface area contributed by atoms with Crippen LogP contribution in [0.1, 0.15) is 25.5 Å². The fraction of sp³-hybridized carbons (Fsp3) is 0.292. The number of nitrogens with one attached hydrogen (secondary N) is 2. The molecule has 0 unspecified atom stereocenters. The SMILES string of the molecule is CCOc1cc([C@@H]2C(C(=O)Nc3cc(OC)c(Cl)cc3OC)=C(C)Nc3ncnn32)ccc1OC. The number of nitrogens with zero attached hydrogens (tertiary/aromatic N) is 3. The van der Waals surface area contributed by atoms with Gasteiger partial charge >= 0.3 is 0 Å². The lowest BCUT2D eigenvalue weighted by atomic mass is 9.94. The highest BCUT2D eigenvalue weighted by atomic mass is 35.5. The number of carbonyl (C=O) groups excluding carboxylic acids is 1. The van der Waals surface area contributed by atoms with Gasteiger partial charge in [-0.25, -0.2) is 4.68 Å². The van der Waals surface area contributed by atoms with Gasteiger partial charge in [-0.05, 0) is 31.5 Å². The third-order valence-electron chi connectivity index (χ3n) is 5.56. The highest BCUT2D eigenvalue weighted by Crippen LogP contribution is 2.40. The van der Waals surface area contributed by atoms with E-state index in [-0.39, 0.29) is 5.91 Å². The highest BCUT2D eigenvalue weighted by Gasteiger charge is 2.34. The van der Waals surface area contributed by atoms with Crippen molar-refractivity contribution in [2.24, 2.45) is 0 Å². The molecule has 0 fully saturated rings. The van der Waals surface area contributed by atoms with Gasteiger partial charge in [0.25, 0.3) is 5.91 Å². The second kappa shape index (κ2) is 10.1. The Morgan fingerprint density at radius 3 is 2.51 bits per heavy atom. The molecule has 0 radical (unpaired) electrons. The van der Waals surface area contributed by atoms with Crippen LogP contribution in [-0.4, -0.2) is 48.6 Å². The molecule has 1 aliphatic heterocycles. The van der Waals surface area contributed by atoms with Crippen molar-refractivity contribution in [1.29, 1.82) is 0 Å². The first-order chi connectivity index (χ1) is 16.9. The number of aromatic nitrogens is 3. The Morgan fingerprint density at radius 1 is 1.09 bits per heavy atom. The molecule has 0 saturated carbocycles. The lowest BCUT2D eigenvalue weighted by Gasteiger charge is -2.29. The summed E-state index contributed by atoms with van der Waals surface area (Å²) in [5.41, 5.74) is 2.24. The second-order valence-electron chi connectivity index (χ2n) is 7.58. The quantitative estimate of drug-likeness (QED) is 0.472. The standard InChI is InChI=1S/C24H26ClN5O5/c1-6-35-20-9-14(7-8-17(20)32-3)22-21(13(2)28-24-26-12-27-30(22)24)23(31)29-16-11-18(33-4)15(25)10-19(16)34-5/h7-12,22H,6H2,1-5H3,(H,29,31)(H,26,27,28)/t22-/m1/s1. The van der Waals surface area contributed by atoms with Crippen molar-refractivity contribution in [3.05, 3.63) is 58.5 Å². The summed E-state index contributed by atoms with van der Waals surface area (Å²) in [6, 6.07) is 8.13. The van der Waals surface area contributed by atoms with E-state index in [0.717, 1.165) is 5.56 Å². The smallest absolute Gasteiger partial charge is 0.255 e. The summed E-state index contributed by atoms with van der Waals surface area (Å²) in [5.74, 6) is 2.11. The summed E-state index contributed by atoms with van der Waals surface area (Å²) in [5, 5.41) is 10.8. The van der Waals surface area contributed by atoms with Gasteiger partial charge in [0.2, 0.25) is 5.95 Å². The molecule has 0 aliphatic carbocycles. The van der Waals surface area contributed by atoms with Crippen molar-refractivity contribution in [3.8, 4) is 23.0 Å². The predicted molar refractivity (Wildman–Crippen MR) is 132 cm³/mol. The van der Waals surface area contributed by atoms with Crippen LogP contribution in [0.5, 0.6) is 23.0 Å². The Hall–Kier alpha value is -3.92. The summed E-state index contributed by atoms with van der Waals surface area (Å²) < 4.78 is 23.6. The van der Waals surface area contributed by atoms with Crippen molar-refractivity contribution >= 4 is 29.1 Å². The number of benzene rings is 2. The first kappa shape index (κ1) is 24.2. The molecule has 2 aromatic carbocycles. The van der Waals surface area contributed by atoms with Gasteiger partial charge in [0, 0.05) is 17.8 Å². The monoisotopic (exact) mass is 499 g/mol. The molecule has 0 spiro atoms. The maximum atomic E-state index is 13.7. The van der Waals surface area contributed by atoms with Gasteiger partial charge in [-0.1, -0.05) is 17.7 Å². The van der Waals surface area contributed by atoms with Gasteiger partial charge in [-0.15, -0.1) is 0 Å². The number of halogens is 1. The molecule has 2 N–H and O–H groups in total. The highest BCUT2D eigenvalue weighted by molar-refractivity contribution is 6.32. The van der Waals surface area contributed by atoms with Crippen LogP contribution in [0.25, 0.3) is 0 Å². The van der Waals surface area contributed by atoms with E-state index < -0.39 is 6.04 Å². The van der Waals surface area contributed by atoms with E-state index in [9.17, 15) is 4.79 Å². The number of methoxy groups -OCH3 is 3. The molecular formula is C24H26ClN5O5. The van der Waals surface area contributed by atoms with Gasteiger partial charge in [0.05, 0.1) is 44.2 Å². The maximum Gasteiger partial charge on any atom is 0.255 e. The number of allylic oxidation sites excluding steroid dienone is 1. The van der Waals surface area contributed by atoms with Crippen molar-refractivity contribution < 1.29 is 23.7 Å². The van der Waals surface area contributed by atoms with E-state index in [1.165, 1.54) is 20.5 Å². The van der Waals surface area contributed by atoms with Crippen molar-refractivity contribution in [2.45, 2.75) is 19.9 Å². The largest absolute Gasteiger partial charge is 0.495 e. The number of rotatable bonds is 8. The molecule has 11 heteroatoms. The molecule has 35 heavy (non-hydrogen) atoms. The molecule has 1 atom stereocenters. The van der Waals surface area contributed by atoms with E-state index >= 15 is 0 Å². The van der Waals surface area contributed by atoms with Crippen LogP contribution in [0.4, 0.5) is 11.6 Å². The van der Waals surface area contributed by atoms with Crippen LogP contribution < -0.4 is 29.6 Å². The fourth-order valence-corrected chi connectivity index (χ4v) is 4.20. The molecule has 2 heterocycles. The summed E-state index contributed by atoms with van der Waals surface area (Å²) in [6.07, 6.45) is 1.43. The van der Waals surface area contributed by atoms with Gasteiger partial charge in [0.1, 0.15) is 23.9 Å². The first-order valence-electron chi connectivity index (χ1n) is 10.8. The number of amides is 1. The number of ether oxygens (including phenoxy) is 4. The minimum absolute atomic E-state index is 0.363. The first-order valence-corrected chi connectivity index (χ1v) is 11.2. The average Bonchev–Trinajstić information content (AvgIpc) is 3.32. The number of carbonyl (C=O) groups is 1. The zero-order valence-electron chi connectivity index (χ0n) is 20.0. The summed E-state index contributed by atoms with van der Waals surface area (Å²) in [6.45, 7) is 4.16. The molecule has 10 nitrogen and oxygen atoms in total. The molecule has 1 aromatic heterocycles. The van der Waals surface area contributed by atoms with Crippen LogP contribution in [0.2, 0.25) is 5.02 Å². The molecule has 1 amide bonds. The van der Waals surface area contributed by atoms with Crippen LogP contribution in [-0.2, 0) is 4.79 Å². The molecule has 4 rings (SSSR count). The maximum absolute atomic E-state index is 13.7. The van der Waals surface area contributed by atoms with Crippen molar-refractivity contribution in [3.63, 3.8) is 0 Å². The Morgan fingerprint density at radius 2 is 1.83 bits per heavy atom. The van der Waals surface area contributed by atoms with Crippen molar-refractivity contribution in [1.82, 2.24) is 14.8 Å². The third-order valence-corrected chi connectivity index (χ3v) is 5.86. The Labute approximate surface area is 207 Å². The lowest BCUT2D eigenvalue weighted by Crippen LogP contribution is -2.31. The van der Waals surface area contributed by atoms with Gasteiger partial charge in [0.15, 0.2) is 11.5 Å². The number of fused-ring (bicyclic) bond motifs is 1. The Kier molecular flexibility index (Phi) is 7.02. The number of hydrogen-bond donors (Lipinski definition) is 2. The average molecular weight is 500 g/mol. The Bertz CT molecular complexity index is 1290. The van der Waals surface area contributed by atoms with Crippen LogP contribution in [0, 0.1) is 0 Å². The molecular weight excluding hydrogens is 474 g/mol. The van der Waals surface area contributed by atoms with Crippen LogP contribution in [0.3, 0.4) is 0 Å². The van der Waals surface area contributed by atoms with Crippen LogP contribution in [0.15, 0.2) is 47.9 Å². The van der Waals surface area contributed by atoms with Crippen LogP contribution >= 0.6 is 11.6 Å². The topological polar surface area (TPSA) is 109 Å². The molecule has 184 valence electrons. The zero-order valence-corrected chi connectivity index (χ0v) is 20.8. The zero-order chi connectivity index (χ0) is 25.1. The number of hydrogen-bond acceptors (Lipinski definition) is 8. The van der Waals surface area contributed by atoms with E-state index in [4.69, 9.17) is 30.5 Å². The second-order valence-corrected chi connectivity index (χ2v) is 7.99. The minimum atomic E-state index is -0.584. The molecule has 3 aromatic rings. The van der Waals surface area contributed by atoms with E-state index in [2.05, 4.69) is 20.7 Å². The van der Waals surface area contributed by atoms with Gasteiger partial charge in [-0.2, -0.15) is 10.1 Å². The predicted octanol–water partition coefficient (Wildman–Crippen LogP) is 4.28. The Balaban J connectivity index is 1.79. The van der Waals surface area contributed by atoms with Crippen molar-refractivity contribution in [2.75, 3.05) is 38.6 Å². The van der Waals surface area contributed by atoms with Gasteiger partial charge < -0.3 is 29.6 Å². The van der Waals surface area contributed by atoms with E-state index in [1.807, 2.05) is 26.0 Å². The van der Waals surface area contributed by atoms with Gasteiger partial charge in [-0.3, -0.25) is 4.79 Å². The fourth-order valence-electron chi connectivity index (χ4n) is 3.97. The number of anilines is 2. The molecule has 0 bridgehead atoms. The van der Waals surface area contributed by atoms with E-state index in [0.29, 0.717) is 57.5 Å². The molecule has 0 saturated heterocycles. The normalized spacial score (nSPS) is 14.6.